The predicted octanol–water partition coefficient (Wildman–Crippen LogP) is 3.39. The van der Waals surface area contributed by atoms with Gasteiger partial charge in [-0.15, -0.1) is 0 Å². The SMILES string of the molecule is O=c1c2ccccc2c(=O)c2c1ccc1[nH]c3c(ccc4c(=O)c5c(S(=O)(=O)O)cccc5c(=O)c43)[nH]c12. The highest BCUT2D eigenvalue weighted by atomic mass is 32.2. The van der Waals surface area contributed by atoms with E-state index < -0.39 is 25.9 Å². The van der Waals surface area contributed by atoms with Crippen LogP contribution in [0.5, 0.6) is 0 Å². The minimum absolute atomic E-state index is 0.0242. The second-order valence-electron chi connectivity index (χ2n) is 9.09. The molecule has 0 bridgehead atoms. The van der Waals surface area contributed by atoms with Crippen LogP contribution in [0.1, 0.15) is 0 Å². The fourth-order valence-electron chi connectivity index (χ4n) is 5.39. The van der Waals surface area contributed by atoms with Crippen LogP contribution < -0.4 is 21.7 Å². The van der Waals surface area contributed by atoms with Crippen LogP contribution in [0.3, 0.4) is 0 Å². The van der Waals surface area contributed by atoms with Crippen LogP contribution in [0.4, 0.5) is 0 Å². The molecular weight excluding hydrogens is 508 g/mol. The van der Waals surface area contributed by atoms with E-state index in [2.05, 4.69) is 9.97 Å². The fraction of sp³-hybridized carbons (Fsp3) is 0. The Morgan fingerprint density at radius 2 is 0.947 bits per heavy atom. The van der Waals surface area contributed by atoms with Crippen LogP contribution in [-0.2, 0) is 10.1 Å². The zero-order valence-corrected chi connectivity index (χ0v) is 20.0. The topological polar surface area (TPSA) is 154 Å². The number of H-pyrrole nitrogens is 2. The summed E-state index contributed by atoms with van der Waals surface area (Å²) in [4.78, 5) is 59.2. The molecule has 0 radical (unpaired) electrons. The van der Waals surface area contributed by atoms with Gasteiger partial charge in [0.2, 0.25) is 0 Å². The van der Waals surface area contributed by atoms with Crippen molar-refractivity contribution in [2.45, 2.75) is 4.90 Å². The minimum Gasteiger partial charge on any atom is -0.351 e. The van der Waals surface area contributed by atoms with E-state index in [1.165, 1.54) is 24.3 Å². The molecule has 0 amide bonds. The van der Waals surface area contributed by atoms with Crippen molar-refractivity contribution in [2.24, 2.45) is 0 Å². The van der Waals surface area contributed by atoms with Gasteiger partial charge in [-0.05, 0) is 30.3 Å². The Morgan fingerprint density at radius 1 is 0.500 bits per heavy atom. The summed E-state index contributed by atoms with van der Waals surface area (Å²) in [5.74, 6) is 0. The first-order valence-electron chi connectivity index (χ1n) is 11.4. The monoisotopic (exact) mass is 522 g/mol. The first-order valence-corrected chi connectivity index (χ1v) is 12.9. The van der Waals surface area contributed by atoms with Crippen molar-refractivity contribution in [1.29, 1.82) is 0 Å². The van der Waals surface area contributed by atoms with Crippen molar-refractivity contribution in [2.75, 3.05) is 0 Å². The number of aromatic nitrogens is 2. The molecule has 184 valence electrons. The Labute approximate surface area is 210 Å². The van der Waals surface area contributed by atoms with Crippen LogP contribution in [-0.4, -0.2) is 22.9 Å². The Bertz CT molecular complexity index is 2570. The molecule has 0 aliphatic heterocycles. The number of benzene rings is 6. The quantitative estimate of drug-likeness (QED) is 0.170. The minimum atomic E-state index is -4.76. The van der Waals surface area contributed by atoms with Crippen LogP contribution in [0.2, 0.25) is 0 Å². The van der Waals surface area contributed by atoms with Gasteiger partial charge >= 0.3 is 0 Å². The van der Waals surface area contributed by atoms with E-state index in [1.54, 1.807) is 36.4 Å². The number of aromatic amines is 2. The molecule has 0 spiro atoms. The molecule has 7 rings (SSSR count). The lowest BCUT2D eigenvalue weighted by atomic mass is 9.99. The molecule has 1 aromatic heterocycles. The molecular formula is C28H14N2O7S. The van der Waals surface area contributed by atoms with E-state index in [9.17, 15) is 32.1 Å². The lowest BCUT2D eigenvalue weighted by Crippen LogP contribution is -2.17. The van der Waals surface area contributed by atoms with E-state index in [0.717, 1.165) is 6.07 Å². The number of hydrogen-bond acceptors (Lipinski definition) is 6. The second kappa shape index (κ2) is 7.31. The molecule has 6 aromatic carbocycles. The third-order valence-electron chi connectivity index (χ3n) is 7.07. The largest absolute Gasteiger partial charge is 0.351 e. The van der Waals surface area contributed by atoms with E-state index in [-0.39, 0.29) is 48.7 Å². The summed E-state index contributed by atoms with van der Waals surface area (Å²) in [6.07, 6.45) is 0. The first-order chi connectivity index (χ1) is 18.2. The van der Waals surface area contributed by atoms with Crippen LogP contribution in [0, 0.1) is 0 Å². The second-order valence-corrected chi connectivity index (χ2v) is 10.5. The maximum absolute atomic E-state index is 13.6. The maximum Gasteiger partial charge on any atom is 0.295 e. The molecule has 0 aliphatic carbocycles. The molecule has 9 nitrogen and oxygen atoms in total. The number of fused-ring (bicyclic) bond motifs is 8. The van der Waals surface area contributed by atoms with Crippen molar-refractivity contribution in [3.05, 3.63) is 108 Å². The standard InChI is InChI=1S/C28H14N2O7S/c31-25-12-4-1-2-5-13(12)26(32)21-15(25)8-10-17-23(21)29-18-11-9-16-22(24(18)30-17)28(34)14-6-3-7-19(38(35,36)37)20(14)27(16)33/h1-11,29-30H,(H,35,36,37). The van der Waals surface area contributed by atoms with E-state index in [1.807, 2.05) is 0 Å². The smallest absolute Gasteiger partial charge is 0.295 e. The molecule has 1 heterocycles. The van der Waals surface area contributed by atoms with Gasteiger partial charge in [-0.3, -0.25) is 23.7 Å². The molecule has 0 fully saturated rings. The van der Waals surface area contributed by atoms with Crippen molar-refractivity contribution in [1.82, 2.24) is 9.97 Å². The lowest BCUT2D eigenvalue weighted by Gasteiger charge is -2.11. The molecule has 3 N–H and O–H groups in total. The molecule has 0 saturated carbocycles. The van der Waals surface area contributed by atoms with Gasteiger partial charge in [0.15, 0.2) is 21.7 Å². The zero-order valence-electron chi connectivity index (χ0n) is 19.2. The Balaban J connectivity index is 1.69. The average Bonchev–Trinajstić information content (AvgIpc) is 2.91. The van der Waals surface area contributed by atoms with E-state index in [4.69, 9.17) is 0 Å². The highest BCUT2D eigenvalue weighted by Crippen LogP contribution is 2.28. The molecule has 38 heavy (non-hydrogen) atoms. The van der Waals surface area contributed by atoms with Gasteiger partial charge < -0.3 is 9.97 Å². The average molecular weight is 522 g/mol. The Kier molecular flexibility index (Phi) is 4.29. The summed E-state index contributed by atoms with van der Waals surface area (Å²) in [5, 5.41) is 0.534. The van der Waals surface area contributed by atoms with Crippen LogP contribution in [0.25, 0.3) is 65.2 Å². The molecule has 7 aromatic rings. The summed E-state index contributed by atoms with van der Waals surface area (Å²) in [6, 6.07) is 16.3. The highest BCUT2D eigenvalue weighted by molar-refractivity contribution is 7.86. The third-order valence-corrected chi connectivity index (χ3v) is 7.96. The van der Waals surface area contributed by atoms with Gasteiger partial charge in [0.05, 0.1) is 38.2 Å². The van der Waals surface area contributed by atoms with Gasteiger partial charge in [-0.2, -0.15) is 8.42 Å². The van der Waals surface area contributed by atoms with Crippen molar-refractivity contribution >= 4 is 75.3 Å². The summed E-state index contributed by atoms with van der Waals surface area (Å²) >= 11 is 0. The van der Waals surface area contributed by atoms with Crippen LogP contribution in [0.15, 0.2) is 90.8 Å². The summed E-state index contributed by atoms with van der Waals surface area (Å²) < 4.78 is 33.4. The van der Waals surface area contributed by atoms with Gasteiger partial charge in [-0.25, -0.2) is 0 Å². The van der Waals surface area contributed by atoms with E-state index >= 15 is 0 Å². The Morgan fingerprint density at radius 3 is 1.53 bits per heavy atom. The molecule has 0 aliphatic rings. The number of rotatable bonds is 1. The fourth-order valence-corrected chi connectivity index (χ4v) is 6.10. The predicted molar refractivity (Wildman–Crippen MR) is 146 cm³/mol. The van der Waals surface area contributed by atoms with Gasteiger partial charge in [-0.1, -0.05) is 36.4 Å². The normalized spacial score (nSPS) is 12.4. The summed E-state index contributed by atoms with van der Waals surface area (Å²) in [7, 11) is -4.76. The van der Waals surface area contributed by atoms with Gasteiger partial charge in [0.1, 0.15) is 4.90 Å². The lowest BCUT2D eigenvalue weighted by molar-refractivity contribution is 0.484. The van der Waals surface area contributed by atoms with Crippen molar-refractivity contribution < 1.29 is 13.0 Å². The first kappa shape index (κ1) is 22.3. The summed E-state index contributed by atoms with van der Waals surface area (Å²) in [5.41, 5.74) is -0.475. The number of nitrogens with one attached hydrogen (secondary N) is 2. The summed E-state index contributed by atoms with van der Waals surface area (Å²) in [6.45, 7) is 0. The molecule has 0 atom stereocenters. The molecule has 0 saturated heterocycles. The van der Waals surface area contributed by atoms with Gasteiger partial charge in [0, 0.05) is 26.9 Å². The zero-order chi connectivity index (χ0) is 26.5. The molecule has 0 unspecified atom stereocenters. The van der Waals surface area contributed by atoms with E-state index in [0.29, 0.717) is 27.3 Å². The Hall–Kier alpha value is -4.93. The maximum atomic E-state index is 13.6. The third kappa shape index (κ3) is 2.81. The van der Waals surface area contributed by atoms with Crippen molar-refractivity contribution in [3.8, 4) is 0 Å². The molecule has 10 heteroatoms. The van der Waals surface area contributed by atoms with Crippen LogP contribution >= 0.6 is 0 Å². The highest BCUT2D eigenvalue weighted by Gasteiger charge is 2.22. The van der Waals surface area contributed by atoms with Gasteiger partial charge in [0.25, 0.3) is 10.1 Å². The number of hydrogen-bond donors (Lipinski definition) is 3. The van der Waals surface area contributed by atoms with Crippen molar-refractivity contribution in [3.63, 3.8) is 0 Å².